The summed E-state index contributed by atoms with van der Waals surface area (Å²) in [5.41, 5.74) is 7.56. The van der Waals surface area contributed by atoms with Crippen molar-refractivity contribution in [3.63, 3.8) is 0 Å². The van der Waals surface area contributed by atoms with E-state index >= 15 is 0 Å². The molecule has 26 heavy (non-hydrogen) atoms. The molecule has 0 unspecified atom stereocenters. The molecular formula is C17H19ClFN6O+. The lowest BCUT2D eigenvalue weighted by Crippen LogP contribution is -2.39. The lowest BCUT2D eigenvalue weighted by atomic mass is 10.1. The molecule has 0 fully saturated rings. The Morgan fingerprint density at radius 3 is 2.73 bits per heavy atom. The van der Waals surface area contributed by atoms with Crippen molar-refractivity contribution in [3.8, 4) is 11.1 Å². The molecule has 136 valence electrons. The zero-order chi connectivity index (χ0) is 18.8. The second kappa shape index (κ2) is 7.27. The van der Waals surface area contributed by atoms with Gasteiger partial charge in [-0.2, -0.15) is 0 Å². The quantitative estimate of drug-likeness (QED) is 0.728. The number of nitrogens with zero attached hydrogens (tertiary/aromatic N) is 5. The van der Waals surface area contributed by atoms with Crippen molar-refractivity contribution in [3.05, 3.63) is 59.0 Å². The Bertz CT molecular complexity index is 1020. The third-order valence-electron chi connectivity index (χ3n) is 4.07. The van der Waals surface area contributed by atoms with Gasteiger partial charge < -0.3 is 10.6 Å². The molecule has 0 bridgehead atoms. The Labute approximate surface area is 154 Å². The Hall–Kier alpha value is -2.71. The molecular weight excluding hydrogens is 359 g/mol. The topological polar surface area (TPSA) is 72.4 Å². The van der Waals surface area contributed by atoms with E-state index in [0.717, 1.165) is 16.9 Å². The van der Waals surface area contributed by atoms with E-state index in [2.05, 4.69) is 4.98 Å². The number of hydrogen-bond donors (Lipinski definition) is 1. The Kier molecular flexibility index (Phi) is 5.06. The third-order valence-corrected chi connectivity index (χ3v) is 4.43. The maximum Gasteiger partial charge on any atom is 0.453 e. The van der Waals surface area contributed by atoms with Crippen LogP contribution in [0.5, 0.6) is 0 Å². The molecule has 0 aromatic carbocycles. The fourth-order valence-electron chi connectivity index (χ4n) is 2.58. The van der Waals surface area contributed by atoms with Crippen molar-refractivity contribution >= 4 is 23.2 Å². The molecule has 0 radical (unpaired) electrons. The number of hydrogen-bond acceptors (Lipinski definition) is 4. The van der Waals surface area contributed by atoms with Crippen LogP contribution in [0.1, 0.15) is 0 Å². The van der Waals surface area contributed by atoms with Gasteiger partial charge in [0.05, 0.1) is 12.9 Å². The van der Waals surface area contributed by atoms with Crippen LogP contribution >= 0.6 is 11.8 Å². The van der Waals surface area contributed by atoms with Crippen LogP contribution in [-0.4, -0.2) is 34.7 Å². The van der Waals surface area contributed by atoms with Crippen molar-refractivity contribution in [1.29, 1.82) is 0 Å². The van der Waals surface area contributed by atoms with Crippen molar-refractivity contribution in [2.24, 2.45) is 5.73 Å². The summed E-state index contributed by atoms with van der Waals surface area (Å²) in [7, 11) is 3.84. The van der Waals surface area contributed by atoms with Gasteiger partial charge >= 0.3 is 11.3 Å². The first-order valence-electron chi connectivity index (χ1n) is 7.91. The molecule has 0 aliphatic heterocycles. The zero-order valence-electron chi connectivity index (χ0n) is 14.4. The fraction of sp³-hybridized carbons (Fsp3) is 0.235. The van der Waals surface area contributed by atoms with Gasteiger partial charge in [-0.15, -0.1) is 9.08 Å². The first-order chi connectivity index (χ1) is 12.5. The minimum absolute atomic E-state index is 0.00115. The summed E-state index contributed by atoms with van der Waals surface area (Å²) in [6.45, 7) is -0.0212. The van der Waals surface area contributed by atoms with Gasteiger partial charge in [-0.05, 0) is 33.5 Å². The van der Waals surface area contributed by atoms with Gasteiger partial charge in [0.2, 0.25) is 0 Å². The van der Waals surface area contributed by atoms with Crippen LogP contribution < -0.4 is 20.5 Å². The summed E-state index contributed by atoms with van der Waals surface area (Å²) in [6, 6.07) is 7.43. The number of anilines is 1. The second-order valence-corrected chi connectivity index (χ2v) is 6.34. The van der Waals surface area contributed by atoms with Crippen LogP contribution in [0.4, 0.5) is 10.2 Å². The predicted octanol–water partition coefficient (Wildman–Crippen LogP) is 1.33. The summed E-state index contributed by atoms with van der Waals surface area (Å²) in [5.74, 6) is 0.844. The molecule has 0 saturated heterocycles. The lowest BCUT2D eigenvalue weighted by Gasteiger charge is -2.11. The highest BCUT2D eigenvalue weighted by Gasteiger charge is 2.22. The van der Waals surface area contributed by atoms with Gasteiger partial charge in [0.15, 0.2) is 11.8 Å². The van der Waals surface area contributed by atoms with E-state index in [1.165, 1.54) is 13.3 Å². The van der Waals surface area contributed by atoms with Gasteiger partial charge in [-0.1, -0.05) is 0 Å². The number of rotatable bonds is 5. The minimum Gasteiger partial charge on any atom is -0.363 e. The lowest BCUT2D eigenvalue weighted by molar-refractivity contribution is -0.593. The Morgan fingerprint density at radius 1 is 1.38 bits per heavy atom. The molecule has 0 saturated carbocycles. The maximum atomic E-state index is 12.8. The van der Waals surface area contributed by atoms with E-state index < -0.39 is 0 Å². The summed E-state index contributed by atoms with van der Waals surface area (Å²) < 4.78 is 16.6. The summed E-state index contributed by atoms with van der Waals surface area (Å²) >= 11 is 6.29. The normalized spacial score (nSPS) is 12.0. The van der Waals surface area contributed by atoms with Crippen LogP contribution in [0.15, 0.2) is 53.4 Å². The molecule has 0 aliphatic rings. The maximum absolute atomic E-state index is 12.8. The number of nitrogens with two attached hydrogens (primary N) is 1. The van der Waals surface area contributed by atoms with E-state index in [1.807, 2.05) is 31.1 Å². The highest BCUT2D eigenvalue weighted by molar-refractivity contribution is 6.04. The van der Waals surface area contributed by atoms with E-state index in [1.54, 1.807) is 24.5 Å². The van der Waals surface area contributed by atoms with Crippen LogP contribution in [0.2, 0.25) is 0 Å². The van der Waals surface area contributed by atoms with E-state index in [-0.39, 0.29) is 24.4 Å². The fourth-order valence-corrected chi connectivity index (χ4v) is 2.83. The summed E-state index contributed by atoms with van der Waals surface area (Å²) in [4.78, 5) is 18.8. The molecule has 2 N–H and O–H groups in total. The molecule has 3 heterocycles. The van der Waals surface area contributed by atoms with Gasteiger partial charge in [-0.3, -0.25) is 0 Å². The van der Waals surface area contributed by atoms with E-state index in [0.29, 0.717) is 12.0 Å². The van der Waals surface area contributed by atoms with Crippen molar-refractivity contribution in [1.82, 2.24) is 14.1 Å². The molecule has 7 nitrogen and oxygen atoms in total. The van der Waals surface area contributed by atoms with Gasteiger partial charge in [0, 0.05) is 38.5 Å². The molecule has 3 aromatic heterocycles. The highest BCUT2D eigenvalue weighted by atomic mass is 35.5. The molecule has 0 aliphatic carbocycles. The van der Waals surface area contributed by atoms with Crippen molar-refractivity contribution < 1.29 is 8.59 Å². The average Bonchev–Trinajstić information content (AvgIpc) is 2.90. The number of aromatic nitrogens is 4. The van der Waals surface area contributed by atoms with Crippen LogP contribution in [0.25, 0.3) is 16.8 Å². The van der Waals surface area contributed by atoms with Crippen LogP contribution in [0.3, 0.4) is 0 Å². The number of fused-ring (bicyclic) bond motifs is 1. The standard InChI is InChI=1S/C17H19ClFN6O/c1-22(2)15-4-3-14(10-21-15)13-5-6-23-16(7-13)25(18)24(17(23)26)11-12(8-19)9-20/h3-8,10H,9,11,20H2,1-2H3/q+1/b12-8+. The minimum atomic E-state index is -0.379. The number of pyridine rings is 2. The molecule has 0 amide bonds. The Morgan fingerprint density at radius 2 is 2.15 bits per heavy atom. The third kappa shape index (κ3) is 3.21. The summed E-state index contributed by atoms with van der Waals surface area (Å²) in [6.07, 6.45) is 3.78. The van der Waals surface area contributed by atoms with E-state index in [9.17, 15) is 9.18 Å². The first-order valence-corrected chi connectivity index (χ1v) is 8.25. The molecule has 3 aromatic rings. The first kappa shape index (κ1) is 18.1. The number of halogens is 2. The van der Waals surface area contributed by atoms with Gasteiger partial charge in [0.25, 0.3) is 0 Å². The monoisotopic (exact) mass is 377 g/mol. The SMILES string of the molecule is CN(C)c1ccc(-c2ccn3c(=O)n(C/C(=C/F)CN)[n+](Cl)c3c2)cn1. The van der Waals surface area contributed by atoms with E-state index in [4.69, 9.17) is 17.5 Å². The van der Waals surface area contributed by atoms with Crippen molar-refractivity contribution in [2.45, 2.75) is 6.54 Å². The smallest absolute Gasteiger partial charge is 0.363 e. The van der Waals surface area contributed by atoms with Crippen molar-refractivity contribution in [2.75, 3.05) is 25.5 Å². The summed E-state index contributed by atoms with van der Waals surface area (Å²) in [5, 5.41) is 0. The molecule has 0 spiro atoms. The van der Waals surface area contributed by atoms with Crippen LogP contribution in [0, 0.1) is 0 Å². The van der Waals surface area contributed by atoms with Gasteiger partial charge in [0.1, 0.15) is 12.0 Å². The molecule has 0 atom stereocenters. The van der Waals surface area contributed by atoms with Gasteiger partial charge in [-0.25, -0.2) is 14.2 Å². The predicted molar refractivity (Wildman–Crippen MR) is 98.9 cm³/mol. The zero-order valence-corrected chi connectivity index (χ0v) is 15.2. The Balaban J connectivity index is 2.06. The molecule has 9 heteroatoms. The van der Waals surface area contributed by atoms with Crippen LogP contribution in [-0.2, 0) is 6.54 Å². The second-order valence-electron chi connectivity index (χ2n) is 6.01. The highest BCUT2D eigenvalue weighted by Crippen LogP contribution is 2.21. The average molecular weight is 378 g/mol. The molecule has 3 rings (SSSR count). The largest absolute Gasteiger partial charge is 0.453 e.